The first-order valence-electron chi connectivity index (χ1n) is 10.6. The number of carbonyl (C=O) groups is 1. The molecule has 0 amide bonds. The van der Waals surface area contributed by atoms with Gasteiger partial charge in [0, 0.05) is 19.4 Å². The van der Waals surface area contributed by atoms with Crippen molar-refractivity contribution in [2.75, 3.05) is 6.61 Å². The Balaban J connectivity index is 3.85. The van der Waals surface area contributed by atoms with Gasteiger partial charge >= 0.3 is 0 Å². The smallest absolute Gasteiger partial charge is 0.133 e. The summed E-state index contributed by atoms with van der Waals surface area (Å²) in [6, 6.07) is 0. The van der Waals surface area contributed by atoms with Crippen LogP contribution < -0.4 is 0 Å². The molecule has 0 radical (unpaired) electrons. The average Bonchev–Trinajstić information content (AvgIpc) is 2.70. The van der Waals surface area contributed by atoms with Gasteiger partial charge in [0.05, 0.1) is 12.2 Å². The third-order valence-corrected chi connectivity index (χ3v) is 3.96. The van der Waals surface area contributed by atoms with Crippen LogP contribution in [0.3, 0.4) is 0 Å². The molecular formula is C25H38O4. The first-order valence-corrected chi connectivity index (χ1v) is 10.6. The van der Waals surface area contributed by atoms with Gasteiger partial charge in [-0.05, 0) is 38.5 Å². The zero-order valence-corrected chi connectivity index (χ0v) is 17.7. The summed E-state index contributed by atoms with van der Waals surface area (Å²) in [7, 11) is 0. The van der Waals surface area contributed by atoms with E-state index in [0.29, 0.717) is 38.5 Å². The Hall–Kier alpha value is -2.01. The minimum absolute atomic E-state index is 0.0588. The maximum absolute atomic E-state index is 11.4. The normalized spacial score (nSPS) is 15.2. The van der Waals surface area contributed by atoms with Crippen LogP contribution in [0.2, 0.25) is 0 Å². The summed E-state index contributed by atoms with van der Waals surface area (Å²) in [5.74, 6) is 0.166. The minimum Gasteiger partial charge on any atom is -0.396 e. The third kappa shape index (κ3) is 20.5. The van der Waals surface area contributed by atoms with Gasteiger partial charge in [0.25, 0.3) is 0 Å². The molecular weight excluding hydrogens is 364 g/mol. The topological polar surface area (TPSA) is 77.8 Å². The van der Waals surface area contributed by atoms with E-state index in [4.69, 9.17) is 5.11 Å². The lowest BCUT2D eigenvalue weighted by molar-refractivity contribution is -0.119. The highest BCUT2D eigenvalue weighted by Crippen LogP contribution is 2.02. The van der Waals surface area contributed by atoms with Crippen LogP contribution in [0.15, 0.2) is 72.9 Å². The third-order valence-electron chi connectivity index (χ3n) is 3.96. The van der Waals surface area contributed by atoms with Gasteiger partial charge < -0.3 is 15.3 Å². The van der Waals surface area contributed by atoms with Crippen molar-refractivity contribution in [2.24, 2.45) is 0 Å². The van der Waals surface area contributed by atoms with Crippen molar-refractivity contribution >= 4 is 5.78 Å². The molecule has 0 spiro atoms. The van der Waals surface area contributed by atoms with Crippen LogP contribution in [0.4, 0.5) is 0 Å². The zero-order chi connectivity index (χ0) is 21.6. The quantitative estimate of drug-likeness (QED) is 0.242. The number of hydrogen-bond donors (Lipinski definition) is 3. The van der Waals surface area contributed by atoms with E-state index < -0.39 is 12.2 Å². The highest BCUT2D eigenvalue weighted by molar-refractivity contribution is 5.78. The van der Waals surface area contributed by atoms with E-state index in [1.165, 1.54) is 0 Å². The fourth-order valence-electron chi connectivity index (χ4n) is 2.34. The van der Waals surface area contributed by atoms with Crippen LogP contribution in [-0.4, -0.2) is 39.9 Å². The van der Waals surface area contributed by atoms with Crippen molar-refractivity contribution in [3.05, 3.63) is 72.9 Å². The van der Waals surface area contributed by atoms with Gasteiger partial charge in [0.2, 0.25) is 0 Å². The summed E-state index contributed by atoms with van der Waals surface area (Å²) in [6.07, 6.45) is 26.9. The van der Waals surface area contributed by atoms with Gasteiger partial charge in [-0.1, -0.05) is 79.8 Å². The van der Waals surface area contributed by atoms with Crippen molar-refractivity contribution in [3.8, 4) is 0 Å². The summed E-state index contributed by atoms with van der Waals surface area (Å²) in [6.45, 7) is 2.13. The second-order valence-electron chi connectivity index (χ2n) is 6.72. The number of carbonyl (C=O) groups excluding carboxylic acids is 1. The summed E-state index contributed by atoms with van der Waals surface area (Å²) < 4.78 is 0. The number of allylic oxidation sites excluding steroid dienone is 8. The maximum Gasteiger partial charge on any atom is 0.133 e. The van der Waals surface area contributed by atoms with Crippen LogP contribution in [0.25, 0.3) is 0 Å². The number of aliphatic hydroxyl groups is 3. The van der Waals surface area contributed by atoms with Crippen LogP contribution >= 0.6 is 0 Å². The zero-order valence-electron chi connectivity index (χ0n) is 17.7. The van der Waals surface area contributed by atoms with Crippen LogP contribution in [0.5, 0.6) is 0 Å². The van der Waals surface area contributed by atoms with Gasteiger partial charge in [0.15, 0.2) is 0 Å². The highest BCUT2D eigenvalue weighted by atomic mass is 16.3. The lowest BCUT2D eigenvalue weighted by atomic mass is 10.1. The van der Waals surface area contributed by atoms with Gasteiger partial charge in [-0.2, -0.15) is 0 Å². The Morgan fingerprint density at radius 1 is 0.793 bits per heavy atom. The monoisotopic (exact) mass is 402 g/mol. The lowest BCUT2D eigenvalue weighted by Crippen LogP contribution is -1.99. The molecule has 0 aliphatic rings. The largest absolute Gasteiger partial charge is 0.396 e. The molecule has 0 aromatic heterocycles. The Bertz CT molecular complexity index is 567. The van der Waals surface area contributed by atoms with Crippen molar-refractivity contribution in [1.29, 1.82) is 0 Å². The standard InChI is InChI=1S/C25H38O4/c1-2-3-10-16-23(27)17-11-7-5-4-6-8-12-18-24(28)19-13-9-14-20-25(29)21-15-22-26/h3,5-13,17-18,23-24,26-28H,2,4,14-16,19-22H2,1H3/b7-5-,8-6-,10-3-,13-9-,17-11+,18-12+/t23-,24-/m0/s1. The van der Waals surface area contributed by atoms with Crippen molar-refractivity contribution < 1.29 is 20.1 Å². The van der Waals surface area contributed by atoms with E-state index in [-0.39, 0.29) is 12.4 Å². The number of ketones is 1. The summed E-state index contributed by atoms with van der Waals surface area (Å²) >= 11 is 0. The van der Waals surface area contributed by atoms with Crippen molar-refractivity contribution in [3.63, 3.8) is 0 Å². The number of rotatable bonds is 17. The summed E-state index contributed by atoms with van der Waals surface area (Å²) in [5, 5.41) is 28.2. The number of aliphatic hydroxyl groups excluding tert-OH is 3. The molecule has 162 valence electrons. The van der Waals surface area contributed by atoms with E-state index in [2.05, 4.69) is 6.92 Å². The molecule has 0 rings (SSSR count). The Kier molecular flexibility index (Phi) is 19.3. The molecule has 4 heteroatoms. The van der Waals surface area contributed by atoms with E-state index in [1.54, 1.807) is 12.2 Å². The molecule has 0 aromatic rings. The van der Waals surface area contributed by atoms with Gasteiger partial charge in [-0.15, -0.1) is 0 Å². The molecule has 4 nitrogen and oxygen atoms in total. The van der Waals surface area contributed by atoms with E-state index >= 15 is 0 Å². The van der Waals surface area contributed by atoms with Gasteiger partial charge in [-0.25, -0.2) is 0 Å². The molecule has 0 aliphatic carbocycles. The first kappa shape index (κ1) is 27.0. The molecule has 0 bridgehead atoms. The molecule has 2 atom stereocenters. The Morgan fingerprint density at radius 2 is 1.38 bits per heavy atom. The van der Waals surface area contributed by atoms with Gasteiger partial charge in [-0.3, -0.25) is 4.79 Å². The molecule has 29 heavy (non-hydrogen) atoms. The van der Waals surface area contributed by atoms with E-state index in [9.17, 15) is 15.0 Å². The van der Waals surface area contributed by atoms with E-state index in [1.807, 2.05) is 60.8 Å². The molecule has 3 N–H and O–H groups in total. The fraction of sp³-hybridized carbons (Fsp3) is 0.480. The highest BCUT2D eigenvalue weighted by Gasteiger charge is 1.99. The summed E-state index contributed by atoms with van der Waals surface area (Å²) in [5.41, 5.74) is 0. The maximum atomic E-state index is 11.4. The van der Waals surface area contributed by atoms with Crippen molar-refractivity contribution in [2.45, 2.75) is 70.5 Å². The summed E-state index contributed by atoms with van der Waals surface area (Å²) in [4.78, 5) is 11.4. The minimum atomic E-state index is -0.539. The molecule has 0 saturated carbocycles. The second kappa shape index (κ2) is 20.7. The lowest BCUT2D eigenvalue weighted by Gasteiger charge is -1.99. The molecule has 0 fully saturated rings. The number of hydrogen-bond acceptors (Lipinski definition) is 4. The average molecular weight is 403 g/mol. The van der Waals surface area contributed by atoms with Gasteiger partial charge in [0.1, 0.15) is 5.78 Å². The number of Topliss-reactive ketones (excluding diaryl/α,β-unsaturated/α-hetero) is 1. The first-order chi connectivity index (χ1) is 14.1. The molecule has 0 aromatic carbocycles. The molecule has 0 saturated heterocycles. The molecule has 0 heterocycles. The molecule has 0 aliphatic heterocycles. The SMILES string of the molecule is CC/C=C\C[C@H](O)/C=C/C=C\C/C=C\C=C\[C@H](O)C/C=C\CCC(=O)CCCO. The predicted octanol–water partition coefficient (Wildman–Crippen LogP) is 4.75. The van der Waals surface area contributed by atoms with Crippen molar-refractivity contribution in [1.82, 2.24) is 0 Å². The molecule has 0 unspecified atom stereocenters. The second-order valence-corrected chi connectivity index (χ2v) is 6.72. The predicted molar refractivity (Wildman–Crippen MR) is 122 cm³/mol. The fourth-order valence-corrected chi connectivity index (χ4v) is 2.34. The van der Waals surface area contributed by atoms with Crippen LogP contribution in [0.1, 0.15) is 58.3 Å². The van der Waals surface area contributed by atoms with Crippen LogP contribution in [0, 0.1) is 0 Å². The van der Waals surface area contributed by atoms with Crippen LogP contribution in [-0.2, 0) is 4.79 Å². The Labute approximate surface area is 176 Å². The van der Waals surface area contributed by atoms with E-state index in [0.717, 1.165) is 12.8 Å². The Morgan fingerprint density at radius 3 is 1.93 bits per heavy atom.